The van der Waals surface area contributed by atoms with E-state index in [0.717, 1.165) is 25.7 Å². The molecule has 3 heteroatoms. The average Bonchev–Trinajstić information content (AvgIpc) is 3.22. The Kier molecular flexibility index (Phi) is 25.6. The van der Waals surface area contributed by atoms with E-state index in [0.29, 0.717) is 0 Å². The smallest absolute Gasteiger partial charge is 0.343 e. The minimum atomic E-state index is -0.446. The van der Waals surface area contributed by atoms with E-state index in [1.807, 2.05) is 12.2 Å². The molecule has 0 aliphatic rings. The maximum atomic E-state index is 3.72. The van der Waals surface area contributed by atoms with Crippen LogP contribution in [0.3, 0.4) is 0 Å². The first-order valence-electron chi connectivity index (χ1n) is 18.4. The molecule has 6 aromatic carbocycles. The summed E-state index contributed by atoms with van der Waals surface area (Å²) in [7, 11) is -0.892. The Labute approximate surface area is 339 Å². The number of hydrogen-bond donors (Lipinski definition) is 0. The summed E-state index contributed by atoms with van der Waals surface area (Å²) in [6.07, 6.45) is 13.3. The van der Waals surface area contributed by atoms with Gasteiger partial charge in [0.2, 0.25) is 0 Å². The fourth-order valence-corrected chi connectivity index (χ4v) is 9.90. The quantitative estimate of drug-likeness (QED) is 0.0442. The van der Waals surface area contributed by atoms with E-state index >= 15 is 0 Å². The molecule has 6 rings (SSSR count). The van der Waals surface area contributed by atoms with Crippen molar-refractivity contribution in [2.24, 2.45) is 0 Å². The van der Waals surface area contributed by atoms with Gasteiger partial charge in [0.05, 0.1) is 0 Å². The third-order valence-corrected chi connectivity index (χ3v) is 12.8. The Bertz CT molecular complexity index is 1390. The van der Waals surface area contributed by atoms with Gasteiger partial charge in [-0.2, -0.15) is 12.8 Å². The van der Waals surface area contributed by atoms with Gasteiger partial charge in [0, 0.05) is 0 Å². The number of benzene rings is 6. The van der Waals surface area contributed by atoms with Crippen molar-refractivity contribution in [3.8, 4) is 0 Å². The maximum Gasteiger partial charge on any atom is 2.00 e. The Hall–Kier alpha value is -3.65. The predicted molar refractivity (Wildman–Crippen MR) is 238 cm³/mol. The Morgan fingerprint density at radius 2 is 0.528 bits per heavy atom. The normalized spacial score (nSPS) is 9.89. The molecule has 0 radical (unpaired) electrons. The van der Waals surface area contributed by atoms with Crippen molar-refractivity contribution in [1.82, 2.24) is 0 Å². The van der Waals surface area contributed by atoms with Crippen LogP contribution in [0.4, 0.5) is 0 Å². The standard InChI is InChI=1S/2C18H15P.2C7H13.Pt/c2*1-4-10-16(11-5-1)19(17-12-6-2-7-13-17)18-14-8-3-9-15-18;2*1-3-5-7-6-4-2;/h2*1-15H;2*3H,1-2,4-7H2;/q;;2*-1;+2. The maximum absolute atomic E-state index is 3.72. The molecular weight excluding hydrogens is 858 g/mol. The van der Waals surface area contributed by atoms with Crippen LogP contribution in [0.15, 0.2) is 207 Å². The summed E-state index contributed by atoms with van der Waals surface area (Å²) in [6.45, 7) is 14.7. The van der Waals surface area contributed by atoms with E-state index < -0.39 is 15.8 Å². The molecule has 0 bridgehead atoms. The van der Waals surface area contributed by atoms with Crippen molar-refractivity contribution in [2.75, 3.05) is 0 Å². The summed E-state index contributed by atoms with van der Waals surface area (Å²) in [5.41, 5.74) is 0. The van der Waals surface area contributed by atoms with Gasteiger partial charge in [0.25, 0.3) is 0 Å². The average molecular weight is 914 g/mol. The molecule has 0 nitrogen and oxygen atoms in total. The van der Waals surface area contributed by atoms with Crippen LogP contribution >= 0.6 is 15.8 Å². The van der Waals surface area contributed by atoms with Crippen molar-refractivity contribution in [1.29, 1.82) is 0 Å². The van der Waals surface area contributed by atoms with Crippen LogP contribution in [0.25, 0.3) is 0 Å². The molecule has 0 fully saturated rings. The minimum absolute atomic E-state index is 0. The van der Waals surface area contributed by atoms with Gasteiger partial charge in [0.1, 0.15) is 0 Å². The molecule has 0 amide bonds. The topological polar surface area (TPSA) is 0 Å². The molecule has 53 heavy (non-hydrogen) atoms. The largest absolute Gasteiger partial charge is 2.00 e. The zero-order valence-corrected chi connectivity index (χ0v) is 35.2. The van der Waals surface area contributed by atoms with Gasteiger partial charge in [-0.05, 0) is 60.5 Å². The summed E-state index contributed by atoms with van der Waals surface area (Å²) >= 11 is 0. The van der Waals surface area contributed by atoms with Crippen LogP contribution < -0.4 is 31.8 Å². The third-order valence-electron chi connectivity index (χ3n) is 7.90. The van der Waals surface area contributed by atoms with E-state index in [1.54, 1.807) is 0 Å². The zero-order valence-electron chi connectivity index (χ0n) is 31.2. The zero-order chi connectivity index (χ0) is 36.9. The third kappa shape index (κ3) is 17.8. The monoisotopic (exact) mass is 913 g/mol. The second kappa shape index (κ2) is 29.8. The van der Waals surface area contributed by atoms with Crippen LogP contribution in [-0.4, -0.2) is 0 Å². The van der Waals surface area contributed by atoms with E-state index in [2.05, 4.69) is 209 Å². The van der Waals surface area contributed by atoms with Crippen LogP contribution in [0.2, 0.25) is 0 Å². The second-order valence-electron chi connectivity index (χ2n) is 12.0. The fourth-order valence-electron chi connectivity index (χ4n) is 5.29. The summed E-state index contributed by atoms with van der Waals surface area (Å²) in [4.78, 5) is 0. The molecule has 0 spiro atoms. The van der Waals surface area contributed by atoms with Crippen molar-refractivity contribution in [3.05, 3.63) is 221 Å². The van der Waals surface area contributed by atoms with Crippen molar-refractivity contribution in [2.45, 2.75) is 51.4 Å². The van der Waals surface area contributed by atoms with Gasteiger partial charge >= 0.3 is 21.1 Å². The molecule has 276 valence electrons. The van der Waals surface area contributed by atoms with Gasteiger partial charge in [-0.25, -0.2) is 0 Å². The van der Waals surface area contributed by atoms with Gasteiger partial charge in [0.15, 0.2) is 0 Å². The fraction of sp³-hybridized carbons (Fsp3) is 0.160. The van der Waals surface area contributed by atoms with Gasteiger partial charge in [-0.15, -0.1) is 13.2 Å². The number of rotatable bonds is 14. The van der Waals surface area contributed by atoms with Crippen molar-refractivity contribution < 1.29 is 21.1 Å². The number of hydrogen-bond acceptors (Lipinski definition) is 0. The van der Waals surface area contributed by atoms with Crippen LogP contribution in [-0.2, 0) is 21.1 Å². The number of allylic oxidation sites excluding steroid dienone is 2. The summed E-state index contributed by atoms with van der Waals surface area (Å²) < 4.78 is 0. The van der Waals surface area contributed by atoms with Gasteiger partial charge in [-0.3, -0.25) is 0 Å². The molecule has 0 unspecified atom stereocenters. The SMILES string of the molecule is C=CCCCC[CH2-].C=CCCCC[CH2-].[Pt+2].c1ccc(P(c2ccccc2)c2ccccc2)cc1.c1ccc(P(c2ccccc2)c2ccccc2)cc1. The van der Waals surface area contributed by atoms with Crippen molar-refractivity contribution >= 4 is 47.7 Å². The van der Waals surface area contributed by atoms with Crippen molar-refractivity contribution in [3.63, 3.8) is 0 Å². The molecule has 0 atom stereocenters. The first-order valence-corrected chi connectivity index (χ1v) is 21.1. The molecule has 0 aromatic heterocycles. The Balaban J connectivity index is 0.000000269. The van der Waals surface area contributed by atoms with E-state index in [1.165, 1.54) is 57.5 Å². The Morgan fingerprint density at radius 3 is 0.679 bits per heavy atom. The molecule has 6 aromatic rings. The summed E-state index contributed by atoms with van der Waals surface area (Å²) in [6, 6.07) is 64.7. The van der Waals surface area contributed by atoms with Gasteiger partial charge in [-0.1, -0.05) is 220 Å². The first kappa shape index (κ1) is 45.5. The first-order chi connectivity index (χ1) is 25.7. The molecule has 0 aliphatic carbocycles. The van der Waals surface area contributed by atoms with Crippen LogP contribution in [0.5, 0.6) is 0 Å². The second-order valence-corrected chi connectivity index (χ2v) is 16.4. The molecule has 0 saturated carbocycles. The molecule has 0 heterocycles. The van der Waals surface area contributed by atoms with Crippen LogP contribution in [0, 0.1) is 13.8 Å². The molecule has 0 aliphatic heterocycles. The minimum Gasteiger partial charge on any atom is -0.343 e. The Morgan fingerprint density at radius 1 is 0.340 bits per heavy atom. The van der Waals surface area contributed by atoms with Crippen LogP contribution in [0.1, 0.15) is 51.4 Å². The van der Waals surface area contributed by atoms with Gasteiger partial charge < -0.3 is 13.8 Å². The molecule has 0 saturated heterocycles. The summed E-state index contributed by atoms with van der Waals surface area (Å²) in [5.74, 6) is 0. The van der Waals surface area contributed by atoms with E-state index in [4.69, 9.17) is 0 Å². The number of unbranched alkanes of at least 4 members (excludes halogenated alkanes) is 6. The van der Waals surface area contributed by atoms with E-state index in [9.17, 15) is 0 Å². The van der Waals surface area contributed by atoms with E-state index in [-0.39, 0.29) is 21.1 Å². The molecule has 0 N–H and O–H groups in total. The summed E-state index contributed by atoms with van der Waals surface area (Å²) in [5, 5.41) is 8.39. The molecular formula is C50H56P2Pt. The predicted octanol–water partition coefficient (Wildman–Crippen LogP) is 12.0.